The van der Waals surface area contributed by atoms with Crippen LogP contribution in [0.5, 0.6) is 0 Å². The van der Waals surface area contributed by atoms with Crippen LogP contribution in [0, 0.1) is 13.8 Å². The van der Waals surface area contributed by atoms with Gasteiger partial charge < -0.3 is 20.0 Å². The summed E-state index contributed by atoms with van der Waals surface area (Å²) in [6, 6.07) is 5.85. The van der Waals surface area contributed by atoms with Gasteiger partial charge in [0.15, 0.2) is 0 Å². The Morgan fingerprint density at radius 3 is 2.22 bits per heavy atom. The molecule has 176 valence electrons. The highest BCUT2D eigenvalue weighted by molar-refractivity contribution is 5.72. The van der Waals surface area contributed by atoms with Gasteiger partial charge in [0.25, 0.3) is 0 Å². The van der Waals surface area contributed by atoms with Crippen LogP contribution in [0.15, 0.2) is 28.4 Å². The van der Waals surface area contributed by atoms with Crippen molar-refractivity contribution < 1.29 is 4.79 Å². The standard InChI is InChI=1S/C19H29N9O.C2H7N/c1-13-10-16(25-20-4)8-9-17(13)28(7)19-23-14(2)22-18(24-19)27(6)12-21-11-26(5)15(3)29;1-3-2/h8-10,21H,11-12H2,1-7H3;3H,1-2H3. The first kappa shape index (κ1) is 26.9. The van der Waals surface area contributed by atoms with E-state index in [0.29, 0.717) is 31.1 Å². The number of nitrogens with one attached hydrogen (secondary N) is 2. The van der Waals surface area contributed by atoms with Crippen molar-refractivity contribution >= 4 is 29.2 Å². The molecule has 2 N–H and O–H groups in total. The van der Waals surface area contributed by atoms with Crippen molar-refractivity contribution in [2.45, 2.75) is 20.8 Å². The zero-order chi connectivity index (χ0) is 24.3. The highest BCUT2D eigenvalue weighted by atomic mass is 16.2. The molecule has 0 unspecified atom stereocenters. The van der Waals surface area contributed by atoms with Gasteiger partial charge in [-0.3, -0.25) is 10.1 Å². The van der Waals surface area contributed by atoms with Crippen LogP contribution in [0.2, 0.25) is 0 Å². The molecule has 1 aromatic carbocycles. The molecule has 0 aliphatic rings. The molecule has 32 heavy (non-hydrogen) atoms. The molecule has 0 aliphatic carbocycles. The first-order valence-corrected chi connectivity index (χ1v) is 10.2. The van der Waals surface area contributed by atoms with Crippen LogP contribution < -0.4 is 20.4 Å². The van der Waals surface area contributed by atoms with Crippen LogP contribution in [-0.2, 0) is 4.79 Å². The highest BCUT2D eigenvalue weighted by Gasteiger charge is 2.15. The molecule has 0 atom stereocenters. The monoisotopic (exact) mass is 444 g/mol. The van der Waals surface area contributed by atoms with Gasteiger partial charge in [-0.05, 0) is 51.7 Å². The van der Waals surface area contributed by atoms with Crippen LogP contribution >= 0.6 is 0 Å². The summed E-state index contributed by atoms with van der Waals surface area (Å²) >= 11 is 0. The summed E-state index contributed by atoms with van der Waals surface area (Å²) in [4.78, 5) is 30.2. The first-order chi connectivity index (χ1) is 15.1. The second-order valence-corrected chi connectivity index (χ2v) is 7.29. The maximum Gasteiger partial charge on any atom is 0.234 e. The van der Waals surface area contributed by atoms with Crippen LogP contribution in [0.25, 0.3) is 0 Å². The molecule has 0 radical (unpaired) electrons. The molecule has 1 aromatic heterocycles. The number of nitrogens with zero attached hydrogens (tertiary/aromatic N) is 8. The van der Waals surface area contributed by atoms with Crippen LogP contribution in [-0.4, -0.2) is 81.4 Å². The number of carbonyl (C=O) groups is 1. The lowest BCUT2D eigenvalue weighted by molar-refractivity contribution is -0.127. The average Bonchev–Trinajstić information content (AvgIpc) is 2.73. The van der Waals surface area contributed by atoms with Gasteiger partial charge in [-0.2, -0.15) is 25.2 Å². The summed E-state index contributed by atoms with van der Waals surface area (Å²) in [5, 5.41) is 13.8. The minimum atomic E-state index is 0.00173. The van der Waals surface area contributed by atoms with Crippen molar-refractivity contribution in [2.24, 2.45) is 10.2 Å². The van der Waals surface area contributed by atoms with Crippen molar-refractivity contribution in [3.8, 4) is 0 Å². The van der Waals surface area contributed by atoms with Crippen molar-refractivity contribution in [1.82, 2.24) is 30.5 Å². The fourth-order valence-electron chi connectivity index (χ4n) is 2.64. The van der Waals surface area contributed by atoms with Crippen molar-refractivity contribution in [3.63, 3.8) is 0 Å². The molecular weight excluding hydrogens is 408 g/mol. The van der Waals surface area contributed by atoms with Gasteiger partial charge in [-0.15, -0.1) is 0 Å². The van der Waals surface area contributed by atoms with E-state index in [0.717, 1.165) is 16.9 Å². The maximum absolute atomic E-state index is 11.3. The second-order valence-electron chi connectivity index (χ2n) is 7.29. The van der Waals surface area contributed by atoms with Gasteiger partial charge in [-0.1, -0.05) is 0 Å². The van der Waals surface area contributed by atoms with Gasteiger partial charge >= 0.3 is 0 Å². The molecule has 0 fully saturated rings. The number of rotatable bonds is 8. The fraction of sp³-hybridized carbons (Fsp3) is 0.524. The maximum atomic E-state index is 11.3. The number of hydrogen-bond donors (Lipinski definition) is 2. The Balaban J connectivity index is 0.00000161. The second kappa shape index (κ2) is 13.3. The molecule has 0 saturated heterocycles. The Labute approximate surface area is 191 Å². The average molecular weight is 445 g/mol. The van der Waals surface area contributed by atoms with Gasteiger partial charge in [0.1, 0.15) is 5.82 Å². The van der Waals surface area contributed by atoms with Gasteiger partial charge in [0.2, 0.25) is 17.8 Å². The Morgan fingerprint density at radius 1 is 1.03 bits per heavy atom. The normalized spacial score (nSPS) is 10.5. The summed E-state index contributed by atoms with van der Waals surface area (Å²) in [5.74, 6) is 1.72. The molecule has 11 heteroatoms. The quantitative estimate of drug-likeness (QED) is 0.471. The third-order valence-electron chi connectivity index (χ3n) is 4.36. The van der Waals surface area contributed by atoms with E-state index in [2.05, 4.69) is 35.8 Å². The summed E-state index contributed by atoms with van der Waals surface area (Å²) in [7, 11) is 10.9. The van der Waals surface area contributed by atoms with Crippen LogP contribution in [0.3, 0.4) is 0 Å². The summed E-state index contributed by atoms with van der Waals surface area (Å²) in [5.41, 5.74) is 2.82. The van der Waals surface area contributed by atoms with Gasteiger partial charge in [0, 0.05) is 40.8 Å². The number of aryl methyl sites for hydroxylation is 2. The molecule has 2 rings (SSSR count). The zero-order valence-electron chi connectivity index (χ0n) is 20.6. The molecule has 0 spiro atoms. The van der Waals surface area contributed by atoms with Crippen molar-refractivity contribution in [3.05, 3.63) is 29.6 Å². The molecular formula is C21H36N10O. The van der Waals surface area contributed by atoms with Crippen molar-refractivity contribution in [2.75, 3.05) is 65.4 Å². The number of azo groups is 1. The zero-order valence-corrected chi connectivity index (χ0v) is 20.6. The lowest BCUT2D eigenvalue weighted by atomic mass is 10.1. The Hall–Kier alpha value is -3.18. The van der Waals surface area contributed by atoms with Gasteiger partial charge in [-0.25, -0.2) is 0 Å². The number of aromatic nitrogens is 3. The van der Waals surface area contributed by atoms with E-state index in [4.69, 9.17) is 0 Å². The van der Waals surface area contributed by atoms with Crippen LogP contribution in [0.4, 0.5) is 23.3 Å². The molecule has 1 heterocycles. The number of benzene rings is 1. The highest BCUT2D eigenvalue weighted by Crippen LogP contribution is 2.28. The lowest BCUT2D eigenvalue weighted by Gasteiger charge is -2.24. The predicted octanol–water partition coefficient (Wildman–Crippen LogP) is 2.22. The lowest BCUT2D eigenvalue weighted by Crippen LogP contribution is -2.40. The number of hydrogen-bond acceptors (Lipinski definition) is 10. The Bertz CT molecular complexity index is 902. The largest absolute Gasteiger partial charge is 0.333 e. The fourth-order valence-corrected chi connectivity index (χ4v) is 2.64. The molecule has 1 amide bonds. The summed E-state index contributed by atoms with van der Waals surface area (Å²) in [6.45, 7) is 6.31. The van der Waals surface area contributed by atoms with E-state index >= 15 is 0 Å². The Kier molecular flexibility index (Phi) is 11.1. The number of anilines is 3. The summed E-state index contributed by atoms with van der Waals surface area (Å²) in [6.07, 6.45) is 0. The van der Waals surface area contributed by atoms with Crippen molar-refractivity contribution in [1.29, 1.82) is 0 Å². The summed E-state index contributed by atoms with van der Waals surface area (Å²) < 4.78 is 0. The molecule has 11 nitrogen and oxygen atoms in total. The topological polar surface area (TPSA) is 114 Å². The molecule has 0 bridgehead atoms. The van der Waals surface area contributed by atoms with E-state index in [9.17, 15) is 4.79 Å². The van der Waals surface area contributed by atoms with Gasteiger partial charge in [0.05, 0.1) is 19.0 Å². The number of amides is 1. The minimum Gasteiger partial charge on any atom is -0.333 e. The minimum absolute atomic E-state index is 0.00173. The predicted molar refractivity (Wildman–Crippen MR) is 129 cm³/mol. The first-order valence-electron chi connectivity index (χ1n) is 10.2. The Morgan fingerprint density at radius 2 is 1.66 bits per heavy atom. The number of carbonyl (C=O) groups excluding carboxylic acids is 1. The molecule has 0 saturated carbocycles. The van der Waals surface area contributed by atoms with E-state index in [1.807, 2.05) is 70.0 Å². The third-order valence-corrected chi connectivity index (χ3v) is 4.36. The van der Waals surface area contributed by atoms with E-state index in [1.165, 1.54) is 6.92 Å². The van der Waals surface area contributed by atoms with E-state index in [1.54, 1.807) is 19.0 Å². The molecule has 2 aromatic rings. The third kappa shape index (κ3) is 8.16. The smallest absolute Gasteiger partial charge is 0.234 e. The SMILES string of the molecule is CN=Nc1ccc(N(C)c2nc(C)nc(N(C)CNCN(C)C(C)=O)n2)c(C)c1.CNC. The van der Waals surface area contributed by atoms with E-state index < -0.39 is 0 Å². The van der Waals surface area contributed by atoms with E-state index in [-0.39, 0.29) is 5.91 Å². The van der Waals surface area contributed by atoms with Crippen LogP contribution in [0.1, 0.15) is 18.3 Å². The molecule has 0 aliphatic heterocycles.